The van der Waals surface area contributed by atoms with Gasteiger partial charge in [0.05, 0.1) is 5.69 Å². The largest absolute Gasteiger partial charge is 0.338 e. The third-order valence-electron chi connectivity index (χ3n) is 5.46. The van der Waals surface area contributed by atoms with Crippen molar-refractivity contribution in [2.24, 2.45) is 0 Å². The molecule has 0 spiro atoms. The van der Waals surface area contributed by atoms with Gasteiger partial charge in [0.1, 0.15) is 6.04 Å². The van der Waals surface area contributed by atoms with Crippen LogP contribution in [-0.2, 0) is 11.3 Å². The molecular formula is C23H25N5O2. The lowest BCUT2D eigenvalue weighted by Crippen LogP contribution is -2.50. The summed E-state index contributed by atoms with van der Waals surface area (Å²) in [6.45, 7) is 5.47. The number of rotatable bonds is 5. The van der Waals surface area contributed by atoms with E-state index in [9.17, 15) is 9.59 Å². The van der Waals surface area contributed by atoms with Gasteiger partial charge < -0.3 is 4.90 Å². The van der Waals surface area contributed by atoms with Crippen molar-refractivity contribution in [3.63, 3.8) is 0 Å². The van der Waals surface area contributed by atoms with Crippen LogP contribution in [0, 0.1) is 0 Å². The fourth-order valence-electron chi connectivity index (χ4n) is 3.71. The Balaban J connectivity index is 1.42. The van der Waals surface area contributed by atoms with Gasteiger partial charge in [-0.3, -0.25) is 19.5 Å². The predicted molar refractivity (Wildman–Crippen MR) is 115 cm³/mol. The maximum absolute atomic E-state index is 13.1. The summed E-state index contributed by atoms with van der Waals surface area (Å²) in [5, 5.41) is 4.47. The molecule has 1 fully saturated rings. The molecule has 1 aliphatic heterocycles. The highest BCUT2D eigenvalue weighted by molar-refractivity contribution is 5.80. The highest BCUT2D eigenvalue weighted by Crippen LogP contribution is 2.17. The Morgan fingerprint density at radius 3 is 2.37 bits per heavy atom. The van der Waals surface area contributed by atoms with Crippen LogP contribution in [-0.4, -0.2) is 56.7 Å². The van der Waals surface area contributed by atoms with Crippen molar-refractivity contribution in [3.8, 4) is 11.3 Å². The summed E-state index contributed by atoms with van der Waals surface area (Å²) >= 11 is 0. The van der Waals surface area contributed by atoms with E-state index in [4.69, 9.17) is 0 Å². The fourth-order valence-corrected chi connectivity index (χ4v) is 3.71. The van der Waals surface area contributed by atoms with E-state index in [2.05, 4.69) is 15.0 Å². The zero-order valence-corrected chi connectivity index (χ0v) is 17.0. The second kappa shape index (κ2) is 9.00. The minimum absolute atomic E-state index is 0.0710. The molecule has 0 saturated carbocycles. The second-order valence-electron chi connectivity index (χ2n) is 7.50. The van der Waals surface area contributed by atoms with Crippen molar-refractivity contribution >= 4 is 5.91 Å². The lowest BCUT2D eigenvalue weighted by Gasteiger charge is -2.36. The molecule has 0 aliphatic carbocycles. The molecule has 1 aromatic carbocycles. The van der Waals surface area contributed by atoms with Crippen LogP contribution in [0.4, 0.5) is 0 Å². The molecule has 1 aliphatic rings. The molecule has 7 nitrogen and oxygen atoms in total. The Kier molecular flexibility index (Phi) is 5.99. The maximum Gasteiger partial charge on any atom is 0.267 e. The van der Waals surface area contributed by atoms with Crippen molar-refractivity contribution in [2.45, 2.75) is 19.5 Å². The standard InChI is InChI=1S/C23H25N5O2/c1-18(28-22(29)8-7-21(25-28)20-5-3-2-4-6-20)23(30)27-15-13-26(14-16-27)17-19-9-11-24-12-10-19/h2-12,18H,13-17H2,1H3. The van der Waals surface area contributed by atoms with Crippen LogP contribution in [0.5, 0.6) is 0 Å². The number of carbonyl (C=O) groups excluding carboxylic acids is 1. The van der Waals surface area contributed by atoms with Crippen LogP contribution in [0.2, 0.25) is 0 Å². The van der Waals surface area contributed by atoms with Crippen molar-refractivity contribution in [3.05, 3.63) is 82.9 Å². The molecule has 1 atom stereocenters. The minimum atomic E-state index is -0.645. The second-order valence-corrected chi connectivity index (χ2v) is 7.50. The van der Waals surface area contributed by atoms with Crippen molar-refractivity contribution in [1.29, 1.82) is 0 Å². The van der Waals surface area contributed by atoms with Crippen LogP contribution < -0.4 is 5.56 Å². The van der Waals surface area contributed by atoms with Crippen LogP contribution in [0.1, 0.15) is 18.5 Å². The van der Waals surface area contributed by atoms with Gasteiger partial charge in [-0.2, -0.15) is 5.10 Å². The number of hydrogen-bond acceptors (Lipinski definition) is 5. The molecule has 3 aromatic rings. The van der Waals surface area contributed by atoms with Gasteiger partial charge in [0.15, 0.2) is 0 Å². The normalized spacial score (nSPS) is 15.7. The first kappa shape index (κ1) is 20.0. The molecule has 4 rings (SSSR count). The summed E-state index contributed by atoms with van der Waals surface area (Å²) in [4.78, 5) is 33.7. The number of piperazine rings is 1. The Morgan fingerprint density at radius 1 is 0.967 bits per heavy atom. The topological polar surface area (TPSA) is 71.3 Å². The van der Waals surface area contributed by atoms with Gasteiger partial charge in [0.2, 0.25) is 5.91 Å². The Hall–Kier alpha value is -3.32. The Labute approximate surface area is 175 Å². The monoisotopic (exact) mass is 403 g/mol. The molecule has 1 saturated heterocycles. The van der Waals surface area contributed by atoms with Crippen LogP contribution in [0.3, 0.4) is 0 Å². The van der Waals surface area contributed by atoms with Crippen molar-refractivity contribution in [1.82, 2.24) is 24.6 Å². The number of pyridine rings is 1. The molecule has 0 N–H and O–H groups in total. The summed E-state index contributed by atoms with van der Waals surface area (Å²) in [6, 6.07) is 16.2. The predicted octanol–water partition coefficient (Wildman–Crippen LogP) is 2.21. The number of amides is 1. The smallest absolute Gasteiger partial charge is 0.267 e. The van der Waals surface area contributed by atoms with E-state index in [1.807, 2.05) is 47.4 Å². The molecular weight excluding hydrogens is 378 g/mol. The Morgan fingerprint density at radius 2 is 1.67 bits per heavy atom. The highest BCUT2D eigenvalue weighted by Gasteiger charge is 2.27. The van der Waals surface area contributed by atoms with Crippen molar-refractivity contribution < 1.29 is 4.79 Å². The van der Waals surface area contributed by atoms with Gasteiger partial charge in [0.25, 0.3) is 5.56 Å². The van der Waals surface area contributed by atoms with Gasteiger partial charge in [-0.05, 0) is 30.7 Å². The highest BCUT2D eigenvalue weighted by atomic mass is 16.2. The number of benzene rings is 1. The third-order valence-corrected chi connectivity index (χ3v) is 5.46. The molecule has 2 aromatic heterocycles. The molecule has 1 unspecified atom stereocenters. The first-order valence-electron chi connectivity index (χ1n) is 10.2. The van der Waals surface area contributed by atoms with Gasteiger partial charge in [-0.15, -0.1) is 0 Å². The molecule has 0 radical (unpaired) electrons. The van der Waals surface area contributed by atoms with Gasteiger partial charge in [-0.1, -0.05) is 30.3 Å². The lowest BCUT2D eigenvalue weighted by molar-refractivity contribution is -0.136. The van der Waals surface area contributed by atoms with Crippen LogP contribution >= 0.6 is 0 Å². The Bertz CT molecular complexity index is 1040. The summed E-state index contributed by atoms with van der Waals surface area (Å²) < 4.78 is 1.30. The van der Waals surface area contributed by atoms with Crippen molar-refractivity contribution in [2.75, 3.05) is 26.2 Å². The fraction of sp³-hybridized carbons (Fsp3) is 0.304. The average Bonchev–Trinajstić information content (AvgIpc) is 2.80. The third kappa shape index (κ3) is 4.46. The van der Waals surface area contributed by atoms with Crippen LogP contribution in [0.15, 0.2) is 71.8 Å². The number of carbonyl (C=O) groups is 1. The zero-order valence-electron chi connectivity index (χ0n) is 17.0. The van der Waals surface area contributed by atoms with E-state index in [0.29, 0.717) is 18.8 Å². The van der Waals surface area contributed by atoms with Gasteiger partial charge >= 0.3 is 0 Å². The van der Waals surface area contributed by atoms with E-state index >= 15 is 0 Å². The van der Waals surface area contributed by atoms with Gasteiger partial charge in [0, 0.05) is 56.7 Å². The zero-order chi connectivity index (χ0) is 20.9. The van der Waals surface area contributed by atoms with E-state index < -0.39 is 6.04 Å². The first-order valence-corrected chi connectivity index (χ1v) is 10.2. The van der Waals surface area contributed by atoms with E-state index in [1.165, 1.54) is 16.3 Å². The molecule has 154 valence electrons. The van der Waals surface area contributed by atoms with Gasteiger partial charge in [-0.25, -0.2) is 4.68 Å². The summed E-state index contributed by atoms with van der Waals surface area (Å²) in [7, 11) is 0. The average molecular weight is 403 g/mol. The molecule has 3 heterocycles. The van der Waals surface area contributed by atoms with E-state index in [1.54, 1.807) is 25.4 Å². The minimum Gasteiger partial charge on any atom is -0.338 e. The van der Waals surface area contributed by atoms with E-state index in [-0.39, 0.29) is 11.5 Å². The first-order chi connectivity index (χ1) is 14.6. The summed E-state index contributed by atoms with van der Waals surface area (Å²) in [6.07, 6.45) is 3.59. The molecule has 30 heavy (non-hydrogen) atoms. The molecule has 0 bridgehead atoms. The van der Waals surface area contributed by atoms with E-state index in [0.717, 1.165) is 25.2 Å². The van der Waals surface area contributed by atoms with Crippen LogP contribution in [0.25, 0.3) is 11.3 Å². The quantitative estimate of drug-likeness (QED) is 0.653. The lowest BCUT2D eigenvalue weighted by atomic mass is 10.1. The SMILES string of the molecule is CC(C(=O)N1CCN(Cc2ccncc2)CC1)n1nc(-c2ccccc2)ccc1=O. The summed E-state index contributed by atoms with van der Waals surface area (Å²) in [5.74, 6) is -0.0710. The number of hydrogen-bond donors (Lipinski definition) is 0. The number of nitrogens with zero attached hydrogens (tertiary/aromatic N) is 5. The number of aromatic nitrogens is 3. The molecule has 7 heteroatoms. The molecule has 1 amide bonds. The maximum atomic E-state index is 13.1. The summed E-state index contributed by atoms with van der Waals surface area (Å²) in [5.41, 5.74) is 2.53.